The van der Waals surface area contributed by atoms with Crippen molar-refractivity contribution in [2.24, 2.45) is 0 Å². The first-order valence-electron chi connectivity index (χ1n) is 9.14. The van der Waals surface area contributed by atoms with Gasteiger partial charge in [-0.1, -0.05) is 12.1 Å². The van der Waals surface area contributed by atoms with Crippen LogP contribution in [0.1, 0.15) is 27.2 Å². The zero-order valence-corrected chi connectivity index (χ0v) is 15.4. The van der Waals surface area contributed by atoms with E-state index in [1.54, 1.807) is 6.20 Å². The monoisotopic (exact) mass is 370 g/mol. The topological polar surface area (TPSA) is 72.1 Å². The second kappa shape index (κ2) is 6.65. The smallest absolute Gasteiger partial charge is 0.181 e. The largest absolute Gasteiger partial charge is 0.444 e. The number of hydrogen-bond donors (Lipinski definition) is 0. The van der Waals surface area contributed by atoms with Crippen LogP contribution in [0.15, 0.2) is 59.5 Å². The van der Waals surface area contributed by atoms with E-state index in [2.05, 4.69) is 33.2 Å². The predicted octanol–water partition coefficient (Wildman–Crippen LogP) is 3.66. The Morgan fingerprint density at radius 1 is 1.07 bits per heavy atom. The lowest BCUT2D eigenvalue weighted by molar-refractivity contribution is 0.0991. The van der Waals surface area contributed by atoms with Gasteiger partial charge >= 0.3 is 0 Å². The van der Waals surface area contributed by atoms with Gasteiger partial charge in [-0.05, 0) is 48.5 Å². The molecule has 0 unspecified atom stereocenters. The number of aromatic nitrogens is 3. The fourth-order valence-corrected chi connectivity index (χ4v) is 3.69. The first-order chi connectivity index (χ1) is 13.7. The van der Waals surface area contributed by atoms with Gasteiger partial charge in [-0.2, -0.15) is 10.2 Å². The van der Waals surface area contributed by atoms with Crippen molar-refractivity contribution in [2.75, 3.05) is 7.05 Å². The Balaban J connectivity index is 1.42. The summed E-state index contributed by atoms with van der Waals surface area (Å²) in [4.78, 5) is 19.0. The molecule has 0 bridgehead atoms. The van der Waals surface area contributed by atoms with E-state index in [1.165, 1.54) is 17.5 Å². The Labute approximate surface area is 161 Å². The molecule has 3 heterocycles. The van der Waals surface area contributed by atoms with Crippen molar-refractivity contribution in [3.8, 4) is 11.3 Å². The Hall–Kier alpha value is -3.38. The molecule has 0 radical (unpaired) electrons. The number of oxazole rings is 1. The third-order valence-electron chi connectivity index (χ3n) is 5.10. The minimum Gasteiger partial charge on any atom is -0.444 e. The molecule has 0 N–H and O–H groups in total. The molecule has 28 heavy (non-hydrogen) atoms. The van der Waals surface area contributed by atoms with Gasteiger partial charge in [-0.3, -0.25) is 9.69 Å². The maximum Gasteiger partial charge on any atom is 0.181 e. The summed E-state index contributed by atoms with van der Waals surface area (Å²) in [6, 6.07) is 13.7. The van der Waals surface area contributed by atoms with Crippen LogP contribution in [0.3, 0.4) is 0 Å². The molecule has 2 aromatic heterocycles. The molecule has 0 fully saturated rings. The van der Waals surface area contributed by atoms with Crippen molar-refractivity contribution in [1.82, 2.24) is 20.1 Å². The Morgan fingerprint density at radius 2 is 1.96 bits per heavy atom. The molecule has 0 saturated carbocycles. The Kier molecular flexibility index (Phi) is 3.98. The highest BCUT2D eigenvalue weighted by Gasteiger charge is 2.18. The molecular weight excluding hydrogens is 352 g/mol. The number of fused-ring (bicyclic) bond motifs is 2. The molecule has 0 atom stereocenters. The molecular formula is C22H18N4O2. The van der Waals surface area contributed by atoms with E-state index in [4.69, 9.17) is 4.42 Å². The summed E-state index contributed by atoms with van der Waals surface area (Å²) in [5.74, 6) is 0.747. The number of hydrogen-bond acceptors (Lipinski definition) is 6. The van der Waals surface area contributed by atoms with Crippen LogP contribution >= 0.6 is 0 Å². The van der Waals surface area contributed by atoms with E-state index in [1.807, 2.05) is 36.4 Å². The van der Waals surface area contributed by atoms with Crippen molar-refractivity contribution in [2.45, 2.75) is 19.5 Å². The summed E-state index contributed by atoms with van der Waals surface area (Å²) in [6.07, 6.45) is 3.30. The predicted molar refractivity (Wildman–Crippen MR) is 105 cm³/mol. The third kappa shape index (κ3) is 3.08. The molecule has 4 aromatic rings. The van der Waals surface area contributed by atoms with Gasteiger partial charge in [-0.15, -0.1) is 0 Å². The fraction of sp³-hybridized carbons (Fsp3) is 0.182. The molecule has 138 valence electrons. The minimum atomic E-state index is 0.0531. The molecule has 0 aliphatic carbocycles. The van der Waals surface area contributed by atoms with Gasteiger partial charge in [0.2, 0.25) is 0 Å². The zero-order valence-electron chi connectivity index (χ0n) is 15.4. The van der Waals surface area contributed by atoms with Crippen molar-refractivity contribution >= 4 is 16.7 Å². The number of rotatable bonds is 4. The lowest BCUT2D eigenvalue weighted by atomic mass is 10.0. The van der Waals surface area contributed by atoms with Gasteiger partial charge in [0, 0.05) is 29.6 Å². The highest BCUT2D eigenvalue weighted by molar-refractivity contribution is 5.98. The van der Waals surface area contributed by atoms with Crippen molar-refractivity contribution in [3.05, 3.63) is 77.4 Å². The van der Waals surface area contributed by atoms with Gasteiger partial charge in [0.15, 0.2) is 17.9 Å². The van der Waals surface area contributed by atoms with Gasteiger partial charge < -0.3 is 4.42 Å². The van der Waals surface area contributed by atoms with Gasteiger partial charge in [0.1, 0.15) is 0 Å². The Morgan fingerprint density at radius 3 is 2.82 bits per heavy atom. The lowest BCUT2D eigenvalue weighted by Crippen LogP contribution is -2.08. The van der Waals surface area contributed by atoms with E-state index in [0.717, 1.165) is 35.1 Å². The van der Waals surface area contributed by atoms with Crippen LogP contribution in [0, 0.1) is 0 Å². The molecule has 6 heteroatoms. The van der Waals surface area contributed by atoms with Crippen LogP contribution in [0.2, 0.25) is 0 Å². The summed E-state index contributed by atoms with van der Waals surface area (Å²) < 4.78 is 5.36. The summed E-state index contributed by atoms with van der Waals surface area (Å²) in [7, 11) is 2.08. The quantitative estimate of drug-likeness (QED) is 0.511. The average Bonchev–Trinajstić information content (AvgIpc) is 3.35. The molecule has 0 spiro atoms. The number of Topliss-reactive ketones (excluding diaryl/α,β-unsaturated/α-hetero) is 1. The van der Waals surface area contributed by atoms with Crippen LogP contribution in [-0.4, -0.2) is 32.9 Å². The summed E-state index contributed by atoms with van der Waals surface area (Å²) in [5, 5.41) is 9.42. The van der Waals surface area contributed by atoms with Crippen molar-refractivity contribution in [1.29, 1.82) is 0 Å². The first-order valence-corrected chi connectivity index (χ1v) is 9.14. The van der Waals surface area contributed by atoms with Crippen molar-refractivity contribution < 1.29 is 9.21 Å². The minimum absolute atomic E-state index is 0.0531. The lowest BCUT2D eigenvalue weighted by Gasteiger charge is -2.05. The number of carbonyl (C=O) groups excluding carboxylic acids is 1. The molecule has 2 aromatic carbocycles. The van der Waals surface area contributed by atoms with Crippen molar-refractivity contribution in [3.63, 3.8) is 0 Å². The van der Waals surface area contributed by atoms with Gasteiger partial charge in [-0.25, -0.2) is 4.98 Å². The Bertz CT molecular complexity index is 1180. The van der Waals surface area contributed by atoms with Crippen LogP contribution in [0.5, 0.6) is 0 Å². The summed E-state index contributed by atoms with van der Waals surface area (Å²) in [5.41, 5.74) is 5.60. The van der Waals surface area contributed by atoms with E-state index in [0.29, 0.717) is 11.5 Å². The van der Waals surface area contributed by atoms with Gasteiger partial charge in [0.25, 0.3) is 0 Å². The van der Waals surface area contributed by atoms with E-state index < -0.39 is 0 Å². The average molecular weight is 370 g/mol. The zero-order chi connectivity index (χ0) is 19.1. The van der Waals surface area contributed by atoms with Crippen LogP contribution < -0.4 is 0 Å². The molecule has 6 nitrogen and oxygen atoms in total. The van der Waals surface area contributed by atoms with E-state index in [-0.39, 0.29) is 12.2 Å². The second-order valence-corrected chi connectivity index (χ2v) is 7.23. The van der Waals surface area contributed by atoms with Crippen LogP contribution in [0.4, 0.5) is 0 Å². The highest BCUT2D eigenvalue weighted by atomic mass is 16.3. The first kappa shape index (κ1) is 16.8. The second-order valence-electron chi connectivity index (χ2n) is 7.23. The molecule has 0 amide bonds. The molecule has 0 saturated heterocycles. The van der Waals surface area contributed by atoms with Crippen LogP contribution in [-0.2, 0) is 19.5 Å². The number of benzene rings is 2. The maximum absolute atomic E-state index is 12.8. The van der Waals surface area contributed by atoms with E-state index >= 15 is 0 Å². The molecule has 1 aliphatic heterocycles. The SMILES string of the molecule is CN1Cc2ccc(C(=O)Cc3cc4cc(-c5cnco5)ccc4nn3)cc2C1. The standard InChI is InChI=1S/C22H18N4O2/c1-26-11-16-3-2-14(6-18(16)12-26)21(27)9-19-8-17-7-15(22-10-23-13-28-22)4-5-20(17)25-24-19/h2-8,10,13H,9,11-12H2,1H3. The summed E-state index contributed by atoms with van der Waals surface area (Å²) in [6.45, 7) is 1.82. The molecule has 5 rings (SSSR count). The normalized spacial score (nSPS) is 13.8. The number of carbonyl (C=O) groups is 1. The summed E-state index contributed by atoms with van der Waals surface area (Å²) >= 11 is 0. The van der Waals surface area contributed by atoms with E-state index in [9.17, 15) is 4.79 Å². The van der Waals surface area contributed by atoms with Crippen LogP contribution in [0.25, 0.3) is 22.2 Å². The fourth-order valence-electron chi connectivity index (χ4n) is 3.69. The highest BCUT2D eigenvalue weighted by Crippen LogP contribution is 2.25. The van der Waals surface area contributed by atoms with Gasteiger partial charge in [0.05, 0.1) is 23.8 Å². The number of nitrogens with zero attached hydrogens (tertiary/aromatic N) is 4. The third-order valence-corrected chi connectivity index (χ3v) is 5.10. The molecule has 1 aliphatic rings. The number of ketones is 1. The maximum atomic E-state index is 12.8.